The number of hydrogen-bond acceptors (Lipinski definition) is 19. The third kappa shape index (κ3) is 16.2. The molecule has 544 valence electrons. The Morgan fingerprint density at radius 2 is 0.886 bits per heavy atom. The van der Waals surface area contributed by atoms with Crippen molar-refractivity contribution in [2.24, 2.45) is 14.1 Å². The summed E-state index contributed by atoms with van der Waals surface area (Å²) in [5.74, 6) is -2.95. The number of hydrogen-bond donors (Lipinski definition) is 4. The van der Waals surface area contributed by atoms with Crippen molar-refractivity contribution in [1.29, 1.82) is 0 Å². The number of nitrogens with one attached hydrogen (secondary N) is 4. The zero-order valence-corrected chi connectivity index (χ0v) is 60.2. The molecule has 105 heavy (non-hydrogen) atoms. The molecule has 15 rings (SSSR count). The van der Waals surface area contributed by atoms with Crippen molar-refractivity contribution in [2.75, 3.05) is 18.8 Å². The average molecular weight is 1520 g/mol. The average Bonchev–Trinajstić information content (AvgIpc) is 1.63. The van der Waals surface area contributed by atoms with E-state index in [0.717, 1.165) is 64.8 Å². The van der Waals surface area contributed by atoms with Gasteiger partial charge in [-0.1, -0.05) is 72.8 Å². The van der Waals surface area contributed by atoms with E-state index in [1.807, 2.05) is 60.3 Å². The molecule has 0 unspecified atom stereocenters. The molecule has 0 atom stereocenters. The van der Waals surface area contributed by atoms with Crippen LogP contribution in [-0.2, 0) is 80.3 Å². The van der Waals surface area contributed by atoms with Gasteiger partial charge in [-0.2, -0.15) is 31.8 Å². The van der Waals surface area contributed by atoms with E-state index < -0.39 is 68.5 Å². The van der Waals surface area contributed by atoms with Crippen LogP contribution < -0.4 is 15.2 Å². The number of halogens is 6. The van der Waals surface area contributed by atoms with E-state index in [1.165, 1.54) is 49.0 Å². The van der Waals surface area contributed by atoms with E-state index in [0.29, 0.717) is 77.5 Å². The number of alkyl halides is 3. The SMILES string of the molecule is CS(=O)(=O)Cc1ccc(-c2c(F)cnc3[nH]c4c[nH]c(=O)cc4c23)cc1.CS(=O)(=O)Cc1ccc(-c2c(F)cnc3[nH]c4cnc(OS(=O)(=O)C(F)(F)F)cc4c23)cc1.Cn1cc(-c2cc3c(cn2)[nH]c2ncc(F)c(-c4ccc(CS(C)(=O)=O)cc4)c23)cn1.Cn1cc(B2OC(C)(C)C(C)(C)O2)cn1. The van der Waals surface area contributed by atoms with E-state index in [4.69, 9.17) is 9.31 Å². The molecule has 0 bridgehead atoms. The summed E-state index contributed by atoms with van der Waals surface area (Å²) in [5.41, 5.74) is 2.90. The lowest BCUT2D eigenvalue weighted by Gasteiger charge is -2.32. The Labute approximate surface area is 595 Å². The fraction of sp³-hybridized carbons (Fsp3) is 0.217. The highest BCUT2D eigenvalue weighted by Gasteiger charge is 2.52. The Kier molecular flexibility index (Phi) is 19.6. The molecule has 0 amide bonds. The molecule has 0 aliphatic carbocycles. The molecule has 0 radical (unpaired) electrons. The maximum Gasteiger partial charge on any atom is 0.534 e. The highest BCUT2D eigenvalue weighted by atomic mass is 32.2. The minimum absolute atomic E-state index is 0.0213. The molecule has 0 saturated carbocycles. The fourth-order valence-electron chi connectivity index (χ4n) is 11.7. The molecule has 1 aliphatic heterocycles. The number of H-pyrrole nitrogens is 4. The summed E-state index contributed by atoms with van der Waals surface area (Å²) in [7, 11) is -12.1. The van der Waals surface area contributed by atoms with Gasteiger partial charge in [0.2, 0.25) is 11.4 Å². The Balaban J connectivity index is 0.000000135. The maximum absolute atomic E-state index is 15.0. The molecular formula is C69H62BF6N13O12S4. The zero-order chi connectivity index (χ0) is 75.7. The first-order valence-corrected chi connectivity index (χ1v) is 39.0. The van der Waals surface area contributed by atoms with Gasteiger partial charge >= 0.3 is 22.7 Å². The molecular weight excluding hydrogens is 1460 g/mol. The first kappa shape index (κ1) is 74.1. The molecule has 1 fully saturated rings. The van der Waals surface area contributed by atoms with E-state index in [9.17, 15) is 60.4 Å². The van der Waals surface area contributed by atoms with Crippen LogP contribution in [0.4, 0.5) is 26.3 Å². The molecule has 14 aromatic rings. The lowest BCUT2D eigenvalue weighted by atomic mass is 9.82. The lowest BCUT2D eigenvalue weighted by molar-refractivity contribution is -0.0501. The summed E-state index contributed by atoms with van der Waals surface area (Å²) in [6, 6.07) is 23.8. The second kappa shape index (κ2) is 27.8. The molecule has 11 aromatic heterocycles. The summed E-state index contributed by atoms with van der Waals surface area (Å²) < 4.78 is 193. The number of aryl methyl sites for hydroxylation is 2. The van der Waals surface area contributed by atoms with Crippen LogP contribution in [0.5, 0.6) is 5.88 Å². The minimum atomic E-state index is -5.96. The number of fused-ring (bicyclic) bond motifs is 9. The molecule has 0 spiro atoms. The standard InChI is InChI=1S/C22H18FN5O2S.C19H13F4N3O5S2.C18H14FN3O3S.C10H17BN2O2/c1-28-11-15(8-26-28)18-7-16-19(10-24-18)27-22-21(16)20(17(23)9-25-22)14-5-3-13(4-6-14)12-31(2,29)30;1-32(27,28)9-10-2-4-11(5-3-10)16-13(20)7-25-18-17(16)12-6-15(24-8-14(12)26-18)31-33(29,30)19(21,22)23;1-26(24,25)9-10-2-4-11(5-3-10)16-13(19)7-21-18-17(16)12-6-15(23)20-8-14(12)22-18;1-9(2)10(3,4)15-11(14-9)8-6-12-13(5)7-8/h3-11H,12H2,1-2H3,(H,25,27);2-8H,9H2,1H3,(H,25,26);2-8H,9H2,1H3,(H,20,23)(H,21,22);6-7H,1-5H3. The van der Waals surface area contributed by atoms with Crippen LogP contribution in [0.3, 0.4) is 0 Å². The normalized spacial score (nSPS) is 14.0. The van der Waals surface area contributed by atoms with Gasteiger partial charge in [0.05, 0.1) is 87.9 Å². The molecule has 12 heterocycles. The van der Waals surface area contributed by atoms with Crippen molar-refractivity contribution in [2.45, 2.75) is 61.7 Å². The van der Waals surface area contributed by atoms with E-state index in [-0.39, 0.29) is 68.6 Å². The Morgan fingerprint density at radius 3 is 1.28 bits per heavy atom. The van der Waals surface area contributed by atoms with E-state index in [2.05, 4.69) is 59.2 Å². The maximum atomic E-state index is 15.0. The first-order chi connectivity index (χ1) is 49.2. The quantitative estimate of drug-likeness (QED) is 0.0360. The van der Waals surface area contributed by atoms with Crippen LogP contribution in [0.15, 0.2) is 158 Å². The van der Waals surface area contributed by atoms with Crippen LogP contribution in [-0.4, -0.2) is 141 Å². The van der Waals surface area contributed by atoms with Gasteiger partial charge in [-0.05, 0) is 67.1 Å². The number of aromatic nitrogens is 13. The van der Waals surface area contributed by atoms with Gasteiger partial charge in [0.25, 0.3) is 0 Å². The largest absolute Gasteiger partial charge is 0.534 e. The number of pyridine rings is 6. The highest BCUT2D eigenvalue weighted by Crippen LogP contribution is 2.41. The van der Waals surface area contributed by atoms with Crippen LogP contribution in [0.1, 0.15) is 44.4 Å². The van der Waals surface area contributed by atoms with Gasteiger partial charge < -0.3 is 33.4 Å². The smallest absolute Gasteiger partial charge is 0.399 e. The predicted octanol–water partition coefficient (Wildman–Crippen LogP) is 11.0. The van der Waals surface area contributed by atoms with Crippen LogP contribution in [0.25, 0.3) is 110 Å². The monoisotopic (exact) mass is 1520 g/mol. The van der Waals surface area contributed by atoms with Crippen molar-refractivity contribution in [3.05, 3.63) is 197 Å². The predicted molar refractivity (Wildman–Crippen MR) is 386 cm³/mol. The van der Waals surface area contributed by atoms with Crippen molar-refractivity contribution in [3.8, 4) is 50.5 Å². The van der Waals surface area contributed by atoms with Gasteiger partial charge in [-0.15, -0.1) is 0 Å². The van der Waals surface area contributed by atoms with E-state index >= 15 is 4.39 Å². The summed E-state index contributed by atoms with van der Waals surface area (Å²) in [6.45, 7) is 8.18. The van der Waals surface area contributed by atoms with Crippen molar-refractivity contribution >= 4 is 118 Å². The second-order valence-electron chi connectivity index (χ2n) is 26.0. The Hall–Kier alpha value is -10.7. The van der Waals surface area contributed by atoms with Crippen LogP contribution in [0, 0.1) is 17.5 Å². The van der Waals surface area contributed by atoms with Crippen molar-refractivity contribution < 1.29 is 73.5 Å². The third-order valence-electron chi connectivity index (χ3n) is 17.1. The number of sulfone groups is 3. The van der Waals surface area contributed by atoms with Crippen LogP contribution >= 0.6 is 0 Å². The molecule has 1 saturated heterocycles. The summed E-state index contributed by atoms with van der Waals surface area (Å²) in [5, 5.41) is 11.1. The third-order valence-corrected chi connectivity index (χ3v) is 20.6. The molecule has 1 aliphatic rings. The highest BCUT2D eigenvalue weighted by molar-refractivity contribution is 7.90. The summed E-state index contributed by atoms with van der Waals surface area (Å²) in [6.07, 6.45) is 18.2. The van der Waals surface area contributed by atoms with Crippen molar-refractivity contribution in [1.82, 2.24) is 64.4 Å². The summed E-state index contributed by atoms with van der Waals surface area (Å²) in [4.78, 5) is 43.6. The number of rotatable bonds is 13. The van der Waals surface area contributed by atoms with Gasteiger partial charge in [0.15, 0.2) is 29.5 Å². The lowest BCUT2D eigenvalue weighted by Crippen LogP contribution is -2.41. The Bertz CT molecular complexity index is 6250. The zero-order valence-electron chi connectivity index (χ0n) is 57.0. The Morgan fingerprint density at radius 1 is 0.495 bits per heavy atom. The van der Waals surface area contributed by atoms with Gasteiger partial charge in [-0.3, -0.25) is 19.1 Å². The second-order valence-corrected chi connectivity index (χ2v) is 34.0. The molecule has 4 N–H and O–H groups in total. The van der Waals surface area contributed by atoms with Gasteiger partial charge in [0.1, 0.15) is 34.4 Å². The number of benzene rings is 3. The van der Waals surface area contributed by atoms with Gasteiger partial charge in [-0.25, -0.2) is 58.4 Å². The topological polar surface area (TPSA) is 345 Å². The summed E-state index contributed by atoms with van der Waals surface area (Å²) >= 11 is 0. The molecule has 25 nitrogen and oxygen atoms in total. The van der Waals surface area contributed by atoms with Gasteiger partial charge in [0, 0.05) is 130 Å². The van der Waals surface area contributed by atoms with Crippen LogP contribution in [0.2, 0.25) is 0 Å². The van der Waals surface area contributed by atoms with E-state index in [1.54, 1.807) is 76.5 Å². The van der Waals surface area contributed by atoms with Crippen molar-refractivity contribution in [3.63, 3.8) is 0 Å². The molecule has 3 aromatic carbocycles. The number of nitrogens with zero attached hydrogens (tertiary/aromatic N) is 9. The fourth-order valence-corrected chi connectivity index (χ4v) is 14.5. The first-order valence-electron chi connectivity index (χ1n) is 31.4. The molecule has 36 heteroatoms. The minimum Gasteiger partial charge on any atom is -0.399 e. The number of aromatic amines is 4.